The summed E-state index contributed by atoms with van der Waals surface area (Å²) in [6.07, 6.45) is 6.86. The molecule has 0 aromatic rings. The number of allylic oxidation sites excluding steroid dienone is 2. The summed E-state index contributed by atoms with van der Waals surface area (Å²) in [6.45, 7) is 8.14. The highest BCUT2D eigenvalue weighted by Gasteiger charge is 2.42. The number of aliphatic hydroxyl groups excluding tert-OH is 2. The number of carbonyl (C=O) groups excluding carboxylic acids is 2. The molecule has 6 nitrogen and oxygen atoms in total. The second-order valence-corrected chi connectivity index (χ2v) is 10.5. The normalized spacial score (nSPS) is 35.1. The molecule has 0 radical (unpaired) electrons. The molecule has 3 aliphatic rings. The number of esters is 2. The molecule has 2 aliphatic carbocycles. The van der Waals surface area contributed by atoms with E-state index in [1.54, 1.807) is 0 Å². The van der Waals surface area contributed by atoms with Crippen LogP contribution in [0.15, 0.2) is 23.8 Å². The van der Waals surface area contributed by atoms with Crippen LogP contribution < -0.4 is 0 Å². The van der Waals surface area contributed by atoms with Gasteiger partial charge in [-0.1, -0.05) is 45.9 Å². The molecular weight excluding hydrogens is 384 g/mol. The summed E-state index contributed by atoms with van der Waals surface area (Å²) in [5.74, 6) is -0.151. The van der Waals surface area contributed by atoms with Crippen molar-refractivity contribution in [3.8, 4) is 0 Å². The van der Waals surface area contributed by atoms with Gasteiger partial charge >= 0.3 is 11.9 Å². The Kier molecular flexibility index (Phi) is 7.08. The van der Waals surface area contributed by atoms with Crippen LogP contribution in [-0.2, 0) is 19.1 Å². The van der Waals surface area contributed by atoms with Gasteiger partial charge in [-0.2, -0.15) is 0 Å². The lowest BCUT2D eigenvalue weighted by atomic mass is 9.66. The topological polar surface area (TPSA) is 93.1 Å². The molecule has 0 aromatic heterocycles. The predicted molar refractivity (Wildman–Crippen MR) is 112 cm³/mol. The first-order valence-electron chi connectivity index (χ1n) is 11.1. The fourth-order valence-electron chi connectivity index (χ4n) is 5.14. The van der Waals surface area contributed by atoms with Crippen molar-refractivity contribution in [3.05, 3.63) is 23.8 Å². The van der Waals surface area contributed by atoms with E-state index in [0.29, 0.717) is 25.7 Å². The number of cyclic esters (lactones) is 1. The highest BCUT2D eigenvalue weighted by atomic mass is 16.5. The van der Waals surface area contributed by atoms with Crippen molar-refractivity contribution < 1.29 is 29.3 Å². The van der Waals surface area contributed by atoms with Gasteiger partial charge in [0.15, 0.2) is 0 Å². The smallest absolute Gasteiger partial charge is 0.308 e. The van der Waals surface area contributed by atoms with Crippen LogP contribution in [0.2, 0.25) is 0 Å². The van der Waals surface area contributed by atoms with E-state index in [0.717, 1.165) is 12.0 Å². The van der Waals surface area contributed by atoms with E-state index in [-0.39, 0.29) is 53.7 Å². The first-order chi connectivity index (χ1) is 14.0. The Morgan fingerprint density at radius 1 is 1.30 bits per heavy atom. The van der Waals surface area contributed by atoms with Crippen LogP contribution in [0.4, 0.5) is 0 Å². The average molecular weight is 421 g/mol. The maximum absolute atomic E-state index is 12.5. The number of carbonyl (C=O) groups is 2. The predicted octanol–water partition coefficient (Wildman–Crippen LogP) is 3.31. The Balaban J connectivity index is 1.74. The van der Waals surface area contributed by atoms with Crippen LogP contribution in [0.5, 0.6) is 0 Å². The van der Waals surface area contributed by atoms with Crippen LogP contribution in [0, 0.1) is 23.2 Å². The molecule has 6 heteroatoms. The zero-order valence-corrected chi connectivity index (χ0v) is 18.5. The van der Waals surface area contributed by atoms with E-state index in [2.05, 4.69) is 13.0 Å². The molecule has 1 saturated heterocycles. The van der Waals surface area contributed by atoms with Gasteiger partial charge in [-0.3, -0.25) is 9.59 Å². The van der Waals surface area contributed by atoms with Crippen LogP contribution in [0.25, 0.3) is 0 Å². The fourth-order valence-corrected chi connectivity index (χ4v) is 5.14. The van der Waals surface area contributed by atoms with Gasteiger partial charge in [-0.05, 0) is 35.7 Å². The van der Waals surface area contributed by atoms with Gasteiger partial charge in [-0.25, -0.2) is 0 Å². The third-order valence-electron chi connectivity index (χ3n) is 6.38. The lowest BCUT2D eigenvalue weighted by molar-refractivity contribution is -0.163. The summed E-state index contributed by atoms with van der Waals surface area (Å²) < 4.78 is 11.4. The minimum Gasteiger partial charge on any atom is -0.462 e. The summed E-state index contributed by atoms with van der Waals surface area (Å²) in [5, 5.41) is 20.2. The SMILES string of the molecule is C[C@@H](C[C@@H]1C[C@@H](O)CC(=O)O1)[C@@H]1CC=CC2=C[C@@H](O)C[C@H](OC(=O)CC(C)(C)C)[C@@H]21. The van der Waals surface area contributed by atoms with E-state index in [1.807, 2.05) is 32.9 Å². The molecule has 168 valence electrons. The molecule has 2 N–H and O–H groups in total. The maximum atomic E-state index is 12.5. The van der Waals surface area contributed by atoms with Gasteiger partial charge < -0.3 is 19.7 Å². The summed E-state index contributed by atoms with van der Waals surface area (Å²) in [4.78, 5) is 24.3. The third-order valence-corrected chi connectivity index (χ3v) is 6.38. The molecule has 0 amide bonds. The molecule has 0 aromatic carbocycles. The highest BCUT2D eigenvalue weighted by Crippen LogP contribution is 2.44. The van der Waals surface area contributed by atoms with Crippen LogP contribution in [-0.4, -0.2) is 46.6 Å². The van der Waals surface area contributed by atoms with E-state index in [9.17, 15) is 19.8 Å². The number of ether oxygens (including phenoxy) is 2. The molecule has 0 unspecified atom stereocenters. The lowest BCUT2D eigenvalue weighted by Gasteiger charge is -2.43. The van der Waals surface area contributed by atoms with Crippen molar-refractivity contribution >= 4 is 11.9 Å². The van der Waals surface area contributed by atoms with Crippen molar-refractivity contribution in [2.45, 2.75) is 90.6 Å². The Hall–Kier alpha value is -1.66. The molecule has 0 spiro atoms. The summed E-state index contributed by atoms with van der Waals surface area (Å²) in [7, 11) is 0. The molecule has 7 atom stereocenters. The van der Waals surface area contributed by atoms with Crippen LogP contribution in [0.1, 0.15) is 66.2 Å². The summed E-state index contributed by atoms with van der Waals surface area (Å²) in [6, 6.07) is 0. The maximum Gasteiger partial charge on any atom is 0.308 e. The molecule has 0 saturated carbocycles. The number of aliphatic hydroxyl groups is 2. The van der Waals surface area contributed by atoms with Crippen molar-refractivity contribution in [2.24, 2.45) is 23.2 Å². The number of rotatable bonds is 5. The van der Waals surface area contributed by atoms with Crippen molar-refractivity contribution in [2.75, 3.05) is 0 Å². The highest BCUT2D eigenvalue weighted by molar-refractivity contribution is 5.71. The molecule has 1 fully saturated rings. The van der Waals surface area contributed by atoms with E-state index in [4.69, 9.17) is 9.47 Å². The van der Waals surface area contributed by atoms with Gasteiger partial charge in [0.25, 0.3) is 0 Å². The zero-order chi connectivity index (χ0) is 22.1. The zero-order valence-electron chi connectivity index (χ0n) is 18.5. The molecule has 1 aliphatic heterocycles. The second kappa shape index (κ2) is 9.23. The van der Waals surface area contributed by atoms with Crippen LogP contribution in [0.3, 0.4) is 0 Å². The summed E-state index contributed by atoms with van der Waals surface area (Å²) >= 11 is 0. The largest absolute Gasteiger partial charge is 0.462 e. The van der Waals surface area contributed by atoms with Crippen molar-refractivity contribution in [1.29, 1.82) is 0 Å². The minimum absolute atomic E-state index is 0.0153. The van der Waals surface area contributed by atoms with Crippen molar-refractivity contribution in [3.63, 3.8) is 0 Å². The fraction of sp³-hybridized carbons (Fsp3) is 0.750. The van der Waals surface area contributed by atoms with Gasteiger partial charge in [0, 0.05) is 18.8 Å². The lowest BCUT2D eigenvalue weighted by Crippen LogP contribution is -2.43. The summed E-state index contributed by atoms with van der Waals surface area (Å²) in [5.41, 5.74) is 0.861. The molecule has 0 bridgehead atoms. The molecule has 1 heterocycles. The second-order valence-electron chi connectivity index (χ2n) is 10.5. The number of hydrogen-bond acceptors (Lipinski definition) is 6. The minimum atomic E-state index is -0.638. The molecular formula is C24H36O6. The van der Waals surface area contributed by atoms with Gasteiger partial charge in [0.2, 0.25) is 0 Å². The first kappa shape index (κ1) is 23.0. The van der Waals surface area contributed by atoms with Crippen LogP contribution >= 0.6 is 0 Å². The third kappa shape index (κ3) is 5.94. The molecule has 30 heavy (non-hydrogen) atoms. The van der Waals surface area contributed by atoms with Gasteiger partial charge in [0.1, 0.15) is 12.2 Å². The Morgan fingerprint density at radius 3 is 2.70 bits per heavy atom. The number of fused-ring (bicyclic) bond motifs is 1. The first-order valence-corrected chi connectivity index (χ1v) is 11.1. The Bertz CT molecular complexity index is 703. The van der Waals surface area contributed by atoms with E-state index < -0.39 is 12.2 Å². The quantitative estimate of drug-likeness (QED) is 0.663. The number of hydrogen-bond donors (Lipinski definition) is 2. The van der Waals surface area contributed by atoms with Gasteiger partial charge in [-0.15, -0.1) is 0 Å². The van der Waals surface area contributed by atoms with E-state index in [1.165, 1.54) is 0 Å². The van der Waals surface area contributed by atoms with Crippen molar-refractivity contribution in [1.82, 2.24) is 0 Å². The average Bonchev–Trinajstić information content (AvgIpc) is 2.58. The van der Waals surface area contributed by atoms with E-state index >= 15 is 0 Å². The molecule has 3 rings (SSSR count). The monoisotopic (exact) mass is 420 g/mol. The van der Waals surface area contributed by atoms with Gasteiger partial charge in [0.05, 0.1) is 25.0 Å². The Morgan fingerprint density at radius 2 is 2.03 bits per heavy atom. The Labute approximate surface area is 179 Å². The standard InChI is InChI=1S/C24H36O6/c1-14(8-18-10-17(26)12-21(27)29-18)19-7-5-6-15-9-16(25)11-20(23(15)19)30-22(28)13-24(2,3)4/h5-6,9,14,16-20,23,25-26H,7-8,10-13H2,1-4H3/t14-,16+,17+,18+,19-,20-,23-/m0/s1.